The molecule has 4 rings (SSSR count). The molecule has 0 fully saturated rings. The minimum Gasteiger partial charge on any atom is -0.350 e. The molecule has 1 N–H and O–H groups in total. The van der Waals surface area contributed by atoms with Gasteiger partial charge in [-0.25, -0.2) is 4.90 Å². The van der Waals surface area contributed by atoms with E-state index in [9.17, 15) is 22.8 Å². The molecular formula is C26H21F3N2O2. The summed E-state index contributed by atoms with van der Waals surface area (Å²) >= 11 is 0. The fraction of sp³-hybridized carbons (Fsp3) is 0.154. The Hall–Kier alpha value is -3.87. The highest BCUT2D eigenvalue weighted by atomic mass is 19.4. The van der Waals surface area contributed by atoms with Crippen molar-refractivity contribution in [3.05, 3.63) is 101 Å². The van der Waals surface area contributed by atoms with Crippen LogP contribution in [0, 0.1) is 6.92 Å². The quantitative estimate of drug-likeness (QED) is 0.487. The Kier molecular flexibility index (Phi) is 5.80. The van der Waals surface area contributed by atoms with Gasteiger partial charge in [-0.05, 0) is 54.8 Å². The van der Waals surface area contributed by atoms with Crippen LogP contribution in [0.3, 0.4) is 0 Å². The first kappa shape index (κ1) is 22.3. The first-order valence-corrected chi connectivity index (χ1v) is 10.4. The van der Waals surface area contributed by atoms with E-state index in [4.69, 9.17) is 0 Å². The number of imide groups is 1. The number of anilines is 2. The zero-order chi connectivity index (χ0) is 23.8. The molecule has 1 aliphatic heterocycles. The molecule has 0 spiro atoms. The van der Waals surface area contributed by atoms with Crippen molar-refractivity contribution in [2.24, 2.45) is 0 Å². The van der Waals surface area contributed by atoms with Crippen molar-refractivity contribution >= 4 is 28.8 Å². The van der Waals surface area contributed by atoms with E-state index in [1.54, 1.807) is 36.4 Å². The number of hydrogen-bond donors (Lipinski definition) is 1. The molecule has 0 saturated heterocycles. The smallest absolute Gasteiger partial charge is 0.350 e. The van der Waals surface area contributed by atoms with E-state index in [-0.39, 0.29) is 17.0 Å². The SMILES string of the molecule is CCc1ccc(N2C(=O)C(Nc3cccc(C(F)(F)F)c3)=C(c3ccc(C)cc3)C2=O)cc1. The summed E-state index contributed by atoms with van der Waals surface area (Å²) in [7, 11) is 0. The number of carbonyl (C=O) groups excluding carboxylic acids is 2. The number of aryl methyl sites for hydroxylation is 2. The molecule has 1 aliphatic rings. The van der Waals surface area contributed by atoms with Crippen LogP contribution in [0.1, 0.15) is 29.2 Å². The Morgan fingerprint density at radius 2 is 1.55 bits per heavy atom. The van der Waals surface area contributed by atoms with Crippen molar-refractivity contribution in [2.75, 3.05) is 10.2 Å². The summed E-state index contributed by atoms with van der Waals surface area (Å²) in [6.45, 7) is 3.89. The van der Waals surface area contributed by atoms with E-state index in [1.807, 2.05) is 26.0 Å². The van der Waals surface area contributed by atoms with Gasteiger partial charge in [0.1, 0.15) is 5.70 Å². The number of benzene rings is 3. The van der Waals surface area contributed by atoms with Gasteiger partial charge in [0.25, 0.3) is 11.8 Å². The molecule has 7 heteroatoms. The lowest BCUT2D eigenvalue weighted by Crippen LogP contribution is -2.32. The fourth-order valence-electron chi connectivity index (χ4n) is 3.67. The van der Waals surface area contributed by atoms with Crippen LogP contribution >= 0.6 is 0 Å². The van der Waals surface area contributed by atoms with Gasteiger partial charge >= 0.3 is 6.18 Å². The first-order chi connectivity index (χ1) is 15.7. The third kappa shape index (κ3) is 4.39. The lowest BCUT2D eigenvalue weighted by Gasteiger charge is -2.16. The van der Waals surface area contributed by atoms with Gasteiger partial charge in [-0.3, -0.25) is 9.59 Å². The lowest BCUT2D eigenvalue weighted by molar-refractivity contribution is -0.137. The van der Waals surface area contributed by atoms with Crippen LogP contribution in [0.15, 0.2) is 78.5 Å². The topological polar surface area (TPSA) is 49.4 Å². The first-order valence-electron chi connectivity index (χ1n) is 10.4. The average molecular weight is 450 g/mol. The standard InChI is InChI=1S/C26H21F3N2O2/c1-3-17-9-13-21(14-10-17)31-24(32)22(18-11-7-16(2)8-12-18)23(25(31)33)30-20-6-4-5-19(15-20)26(27,28)29/h4-15,30H,3H2,1-2H3. The van der Waals surface area contributed by atoms with E-state index < -0.39 is 23.6 Å². The van der Waals surface area contributed by atoms with Crippen LogP contribution in [-0.4, -0.2) is 11.8 Å². The predicted molar refractivity (Wildman–Crippen MR) is 121 cm³/mol. The minimum absolute atomic E-state index is 0.0637. The average Bonchev–Trinajstić information content (AvgIpc) is 3.03. The summed E-state index contributed by atoms with van der Waals surface area (Å²) in [6.07, 6.45) is -3.73. The number of nitrogens with one attached hydrogen (secondary N) is 1. The third-order valence-corrected chi connectivity index (χ3v) is 5.49. The number of amides is 2. The van der Waals surface area contributed by atoms with Crippen molar-refractivity contribution in [3.63, 3.8) is 0 Å². The van der Waals surface area contributed by atoms with Gasteiger partial charge in [0.05, 0.1) is 16.8 Å². The number of nitrogens with zero attached hydrogens (tertiary/aromatic N) is 1. The number of carbonyl (C=O) groups is 2. The van der Waals surface area contributed by atoms with Crippen LogP contribution in [0.2, 0.25) is 0 Å². The van der Waals surface area contributed by atoms with Gasteiger partial charge in [-0.2, -0.15) is 13.2 Å². The summed E-state index contributed by atoms with van der Waals surface area (Å²) in [4.78, 5) is 27.8. The summed E-state index contributed by atoms with van der Waals surface area (Å²) in [5.41, 5.74) is 2.17. The third-order valence-electron chi connectivity index (χ3n) is 5.49. The molecule has 168 valence electrons. The zero-order valence-electron chi connectivity index (χ0n) is 18.0. The highest BCUT2D eigenvalue weighted by Crippen LogP contribution is 2.35. The fourth-order valence-corrected chi connectivity index (χ4v) is 3.67. The molecule has 0 unspecified atom stereocenters. The Balaban J connectivity index is 1.79. The van der Waals surface area contributed by atoms with Crippen LogP contribution in [0.4, 0.5) is 24.5 Å². The van der Waals surface area contributed by atoms with E-state index in [2.05, 4.69) is 5.32 Å². The lowest BCUT2D eigenvalue weighted by atomic mass is 10.0. The van der Waals surface area contributed by atoms with E-state index in [0.717, 1.165) is 34.6 Å². The monoisotopic (exact) mass is 450 g/mol. The molecular weight excluding hydrogens is 429 g/mol. The van der Waals surface area contributed by atoms with E-state index in [1.165, 1.54) is 12.1 Å². The van der Waals surface area contributed by atoms with Gasteiger partial charge in [0, 0.05) is 5.69 Å². The second-order valence-electron chi connectivity index (χ2n) is 7.79. The number of rotatable bonds is 5. The molecule has 0 bridgehead atoms. The van der Waals surface area contributed by atoms with Crippen LogP contribution < -0.4 is 10.2 Å². The second kappa shape index (κ2) is 8.58. The molecule has 1 heterocycles. The van der Waals surface area contributed by atoms with Crippen molar-refractivity contribution in [2.45, 2.75) is 26.4 Å². The molecule has 0 saturated carbocycles. The highest BCUT2D eigenvalue weighted by Gasteiger charge is 2.40. The molecule has 0 aromatic heterocycles. The van der Waals surface area contributed by atoms with E-state index in [0.29, 0.717) is 11.3 Å². The van der Waals surface area contributed by atoms with Crippen LogP contribution in [-0.2, 0) is 22.2 Å². The second-order valence-corrected chi connectivity index (χ2v) is 7.79. The molecule has 4 nitrogen and oxygen atoms in total. The van der Waals surface area contributed by atoms with Crippen molar-refractivity contribution in [1.29, 1.82) is 0 Å². The Bertz CT molecular complexity index is 1240. The van der Waals surface area contributed by atoms with Gasteiger partial charge in [-0.15, -0.1) is 0 Å². The maximum Gasteiger partial charge on any atom is 0.416 e. The molecule has 0 radical (unpaired) electrons. The summed E-state index contributed by atoms with van der Waals surface area (Å²) in [6, 6.07) is 18.6. The molecule has 3 aromatic rings. The van der Waals surface area contributed by atoms with Crippen LogP contribution in [0.5, 0.6) is 0 Å². The minimum atomic E-state index is -4.53. The molecule has 0 aliphatic carbocycles. The van der Waals surface area contributed by atoms with Gasteiger partial charge < -0.3 is 5.32 Å². The highest BCUT2D eigenvalue weighted by molar-refractivity contribution is 6.46. The number of hydrogen-bond acceptors (Lipinski definition) is 3. The summed E-state index contributed by atoms with van der Waals surface area (Å²) in [5, 5.41) is 2.79. The number of halogens is 3. The number of alkyl halides is 3. The Morgan fingerprint density at radius 1 is 0.879 bits per heavy atom. The summed E-state index contributed by atoms with van der Waals surface area (Å²) < 4.78 is 39.5. The van der Waals surface area contributed by atoms with E-state index >= 15 is 0 Å². The predicted octanol–water partition coefficient (Wildman–Crippen LogP) is 5.97. The summed E-state index contributed by atoms with van der Waals surface area (Å²) in [5.74, 6) is -1.17. The van der Waals surface area contributed by atoms with Crippen molar-refractivity contribution in [1.82, 2.24) is 0 Å². The zero-order valence-corrected chi connectivity index (χ0v) is 18.0. The Morgan fingerprint density at radius 3 is 2.15 bits per heavy atom. The molecule has 3 aromatic carbocycles. The largest absolute Gasteiger partial charge is 0.416 e. The maximum absolute atomic E-state index is 13.4. The van der Waals surface area contributed by atoms with Gasteiger partial charge in [-0.1, -0.05) is 55.0 Å². The maximum atomic E-state index is 13.4. The van der Waals surface area contributed by atoms with Crippen LogP contribution in [0.25, 0.3) is 5.57 Å². The Labute approximate surface area is 189 Å². The molecule has 2 amide bonds. The van der Waals surface area contributed by atoms with Gasteiger partial charge in [0.15, 0.2) is 0 Å². The molecule has 0 atom stereocenters. The van der Waals surface area contributed by atoms with Crippen molar-refractivity contribution < 1.29 is 22.8 Å². The normalized spacial score (nSPS) is 14.3. The van der Waals surface area contributed by atoms with Gasteiger partial charge in [0.2, 0.25) is 0 Å². The molecule has 33 heavy (non-hydrogen) atoms. The van der Waals surface area contributed by atoms with Crippen molar-refractivity contribution in [3.8, 4) is 0 Å².